The smallest absolute Gasteiger partial charge is 0.250 e. The molecule has 6 rings (SSSR count). The lowest BCUT2D eigenvalue weighted by molar-refractivity contribution is 0.122. The maximum Gasteiger partial charge on any atom is 0.250 e. The van der Waals surface area contributed by atoms with Crippen LogP contribution in [0.5, 0.6) is 11.5 Å². The van der Waals surface area contributed by atoms with E-state index in [0.29, 0.717) is 13.2 Å². The van der Waals surface area contributed by atoms with Crippen LogP contribution >= 0.6 is 0 Å². The summed E-state index contributed by atoms with van der Waals surface area (Å²) in [5.74, 6) is 1.63. The van der Waals surface area contributed by atoms with E-state index >= 15 is 0 Å². The Bertz CT molecular complexity index is 1510. The average Bonchev–Trinajstić information content (AvgIpc) is 2.91. The van der Waals surface area contributed by atoms with Gasteiger partial charge in [0.25, 0.3) is 0 Å². The van der Waals surface area contributed by atoms with Crippen LogP contribution in [0, 0.1) is 6.92 Å². The number of hydrogen-bond acceptors (Lipinski definition) is 6. The van der Waals surface area contributed by atoms with Gasteiger partial charge in [-0.2, -0.15) is 0 Å². The number of rotatable bonds is 5. The van der Waals surface area contributed by atoms with E-state index in [2.05, 4.69) is 52.2 Å². The monoisotopic (exact) mass is 494 g/mol. The normalized spacial score (nSPS) is 15.4. The molecular weight excluding hydrogens is 464 g/mol. The van der Waals surface area contributed by atoms with Gasteiger partial charge in [-0.3, -0.25) is 9.78 Å². The van der Waals surface area contributed by atoms with E-state index in [-0.39, 0.29) is 11.6 Å². The number of benzene rings is 2. The summed E-state index contributed by atoms with van der Waals surface area (Å²) in [5.41, 5.74) is 7.98. The Balaban J connectivity index is 1.27. The van der Waals surface area contributed by atoms with Crippen molar-refractivity contribution < 1.29 is 9.47 Å². The molecule has 4 aromatic rings. The standard InChI is InChI=1S/C30H30N4O3/c1-19-12-23(18-31-17-19)20(2)32-24-6-7-28-22(14-24)13-21-4-3-5-26(30(21)37-28)27-15-25(16-29(35)33-27)34-8-10-36-11-9-34/h3-7,12,14-18,20,32H,8-11,13H2,1-2H3,(H,33,35). The van der Waals surface area contributed by atoms with E-state index < -0.39 is 0 Å². The highest BCUT2D eigenvalue weighted by Gasteiger charge is 2.22. The Morgan fingerprint density at radius 3 is 2.73 bits per heavy atom. The van der Waals surface area contributed by atoms with Crippen LogP contribution in [0.3, 0.4) is 0 Å². The molecule has 2 aromatic heterocycles. The summed E-state index contributed by atoms with van der Waals surface area (Å²) in [5, 5.41) is 3.59. The number of aromatic nitrogens is 2. The molecule has 2 aromatic carbocycles. The van der Waals surface area contributed by atoms with E-state index in [0.717, 1.165) is 75.9 Å². The summed E-state index contributed by atoms with van der Waals surface area (Å²) in [4.78, 5) is 22.1. The van der Waals surface area contributed by atoms with Crippen LogP contribution in [-0.2, 0) is 11.2 Å². The van der Waals surface area contributed by atoms with Gasteiger partial charge in [0.2, 0.25) is 5.56 Å². The minimum atomic E-state index is -0.124. The van der Waals surface area contributed by atoms with Crippen LogP contribution in [0.4, 0.5) is 11.4 Å². The summed E-state index contributed by atoms with van der Waals surface area (Å²) < 4.78 is 11.9. The lowest BCUT2D eigenvalue weighted by Gasteiger charge is -2.29. The molecule has 0 saturated carbocycles. The van der Waals surface area contributed by atoms with Gasteiger partial charge in [-0.15, -0.1) is 0 Å². The number of nitrogens with one attached hydrogen (secondary N) is 2. The lowest BCUT2D eigenvalue weighted by Crippen LogP contribution is -2.36. The van der Waals surface area contributed by atoms with Crippen molar-refractivity contribution in [2.75, 3.05) is 36.5 Å². The van der Waals surface area contributed by atoms with E-state index in [1.165, 1.54) is 0 Å². The average molecular weight is 495 g/mol. The van der Waals surface area contributed by atoms with Gasteiger partial charge >= 0.3 is 0 Å². The van der Waals surface area contributed by atoms with Crippen molar-refractivity contribution in [1.82, 2.24) is 9.97 Å². The molecule has 0 aliphatic carbocycles. The highest BCUT2D eigenvalue weighted by atomic mass is 16.5. The highest BCUT2D eigenvalue weighted by Crippen LogP contribution is 2.43. The van der Waals surface area contributed by atoms with Crippen molar-refractivity contribution in [1.29, 1.82) is 0 Å². The number of aromatic amines is 1. The molecular formula is C30H30N4O3. The molecule has 1 fully saturated rings. The Labute approximate surface area is 216 Å². The molecule has 1 unspecified atom stereocenters. The number of nitrogens with zero attached hydrogens (tertiary/aromatic N) is 2. The predicted octanol–water partition coefficient (Wildman–Crippen LogP) is 5.45. The Kier molecular flexibility index (Phi) is 6.14. The van der Waals surface area contributed by atoms with Gasteiger partial charge in [0.1, 0.15) is 11.5 Å². The first-order valence-electron chi connectivity index (χ1n) is 12.7. The number of fused-ring (bicyclic) bond motifs is 2. The second-order valence-electron chi connectivity index (χ2n) is 9.77. The number of anilines is 2. The Morgan fingerprint density at radius 1 is 1.03 bits per heavy atom. The van der Waals surface area contributed by atoms with E-state index in [1.54, 1.807) is 6.07 Å². The summed E-state index contributed by atoms with van der Waals surface area (Å²) in [6.45, 7) is 7.07. The molecule has 188 valence electrons. The molecule has 1 saturated heterocycles. The first kappa shape index (κ1) is 23.3. The quantitative estimate of drug-likeness (QED) is 0.338. The zero-order valence-electron chi connectivity index (χ0n) is 21.1. The number of H-pyrrole nitrogens is 1. The summed E-state index contributed by atoms with van der Waals surface area (Å²) >= 11 is 0. The van der Waals surface area contributed by atoms with Crippen molar-refractivity contribution in [3.05, 3.63) is 99.6 Å². The molecule has 2 aliphatic rings. The second-order valence-corrected chi connectivity index (χ2v) is 9.77. The van der Waals surface area contributed by atoms with Crippen LogP contribution in [-0.4, -0.2) is 36.3 Å². The molecule has 2 aliphatic heterocycles. The molecule has 1 atom stereocenters. The molecule has 2 N–H and O–H groups in total. The van der Waals surface area contributed by atoms with Crippen LogP contribution in [0.25, 0.3) is 11.3 Å². The maximum atomic E-state index is 12.6. The minimum Gasteiger partial charge on any atom is -0.456 e. The second kappa shape index (κ2) is 9.75. The minimum absolute atomic E-state index is 0.124. The maximum absolute atomic E-state index is 12.6. The van der Waals surface area contributed by atoms with Gasteiger partial charge in [-0.1, -0.05) is 18.2 Å². The first-order valence-corrected chi connectivity index (χ1v) is 12.7. The van der Waals surface area contributed by atoms with Crippen LogP contribution in [0.1, 0.15) is 35.2 Å². The van der Waals surface area contributed by atoms with Crippen LogP contribution in [0.2, 0.25) is 0 Å². The van der Waals surface area contributed by atoms with Crippen molar-refractivity contribution >= 4 is 11.4 Å². The van der Waals surface area contributed by atoms with Crippen LogP contribution < -0.4 is 20.5 Å². The molecule has 7 heteroatoms. The SMILES string of the molecule is Cc1cncc(C(C)Nc2ccc3c(c2)Cc2cccc(-c4cc(N5CCOCC5)cc(=O)[nH]4)c2O3)c1. The van der Waals surface area contributed by atoms with Crippen molar-refractivity contribution in [2.45, 2.75) is 26.3 Å². The van der Waals surface area contributed by atoms with Gasteiger partial charge in [0.15, 0.2) is 0 Å². The zero-order valence-corrected chi connectivity index (χ0v) is 21.1. The third kappa shape index (κ3) is 4.82. The number of para-hydroxylation sites is 1. The topological polar surface area (TPSA) is 79.5 Å². The summed E-state index contributed by atoms with van der Waals surface area (Å²) in [6.07, 6.45) is 4.52. The Morgan fingerprint density at radius 2 is 1.89 bits per heavy atom. The van der Waals surface area contributed by atoms with Gasteiger partial charge < -0.3 is 24.7 Å². The highest BCUT2D eigenvalue weighted by molar-refractivity contribution is 5.74. The number of ether oxygens (including phenoxy) is 2. The fourth-order valence-electron chi connectivity index (χ4n) is 5.11. The fraction of sp³-hybridized carbons (Fsp3) is 0.267. The lowest BCUT2D eigenvalue weighted by atomic mass is 9.96. The molecule has 4 heterocycles. The zero-order chi connectivity index (χ0) is 25.4. The molecule has 37 heavy (non-hydrogen) atoms. The third-order valence-electron chi connectivity index (χ3n) is 7.02. The van der Waals surface area contributed by atoms with E-state index in [9.17, 15) is 4.79 Å². The molecule has 0 spiro atoms. The molecule has 0 bridgehead atoms. The van der Waals surface area contributed by atoms with Gasteiger partial charge in [0.05, 0.1) is 24.9 Å². The largest absolute Gasteiger partial charge is 0.456 e. The molecule has 0 radical (unpaired) electrons. The number of pyridine rings is 2. The van der Waals surface area contributed by atoms with E-state index in [4.69, 9.17) is 9.47 Å². The Hall–Kier alpha value is -4.10. The molecule has 7 nitrogen and oxygen atoms in total. The predicted molar refractivity (Wildman–Crippen MR) is 146 cm³/mol. The summed E-state index contributed by atoms with van der Waals surface area (Å²) in [6, 6.07) is 18.3. The van der Waals surface area contributed by atoms with Crippen molar-refractivity contribution in [3.63, 3.8) is 0 Å². The van der Waals surface area contributed by atoms with Crippen molar-refractivity contribution in [3.8, 4) is 22.8 Å². The van der Waals surface area contributed by atoms with Crippen LogP contribution in [0.15, 0.2) is 71.8 Å². The number of aryl methyl sites for hydroxylation is 1. The summed E-state index contributed by atoms with van der Waals surface area (Å²) in [7, 11) is 0. The van der Waals surface area contributed by atoms with Gasteiger partial charge in [-0.25, -0.2) is 0 Å². The number of hydrogen-bond donors (Lipinski definition) is 2. The first-order chi connectivity index (χ1) is 18.0. The molecule has 0 amide bonds. The fourth-order valence-corrected chi connectivity index (χ4v) is 5.11. The van der Waals surface area contributed by atoms with Crippen molar-refractivity contribution in [2.24, 2.45) is 0 Å². The van der Waals surface area contributed by atoms with E-state index in [1.807, 2.05) is 42.7 Å². The third-order valence-corrected chi connectivity index (χ3v) is 7.02. The van der Waals surface area contributed by atoms with Gasteiger partial charge in [0, 0.05) is 60.5 Å². The van der Waals surface area contributed by atoms with Gasteiger partial charge in [-0.05, 0) is 60.9 Å². The number of morpholine rings is 1.